The maximum atomic E-state index is 12.1. The molecule has 1 rings (SSSR count). The summed E-state index contributed by atoms with van der Waals surface area (Å²) < 4.78 is 0. The molecule has 1 amide bonds. The number of aryl methyl sites for hydroxylation is 1. The molecule has 1 heterocycles. The molecule has 1 aromatic rings. The minimum absolute atomic E-state index is 0.0297. The first-order chi connectivity index (χ1) is 10.5. The summed E-state index contributed by atoms with van der Waals surface area (Å²) >= 11 is 1.73. The molecule has 0 unspecified atom stereocenters. The van der Waals surface area contributed by atoms with E-state index in [0.717, 1.165) is 6.54 Å². The maximum Gasteiger partial charge on any atom is 0.225 e. The normalized spacial score (nSPS) is 10.5. The Hall–Kier alpha value is -1.89. The van der Waals surface area contributed by atoms with E-state index in [4.69, 9.17) is 10.5 Å². The van der Waals surface area contributed by atoms with Crippen molar-refractivity contribution in [2.24, 2.45) is 0 Å². The fourth-order valence-electron chi connectivity index (χ4n) is 2.07. The van der Waals surface area contributed by atoms with Crippen LogP contribution in [0, 0.1) is 29.6 Å². The molecule has 0 spiro atoms. The van der Waals surface area contributed by atoms with Crippen LogP contribution in [0.5, 0.6) is 0 Å². The summed E-state index contributed by atoms with van der Waals surface area (Å²) in [7, 11) is 0. The highest BCUT2D eigenvalue weighted by Crippen LogP contribution is 2.19. The molecule has 5 nitrogen and oxygen atoms in total. The molecule has 0 atom stereocenters. The van der Waals surface area contributed by atoms with E-state index in [9.17, 15) is 4.79 Å². The molecule has 0 aliphatic carbocycles. The number of nitrogens with zero attached hydrogens (tertiary/aromatic N) is 4. The van der Waals surface area contributed by atoms with Crippen molar-refractivity contribution < 1.29 is 4.79 Å². The third-order valence-electron chi connectivity index (χ3n) is 3.53. The van der Waals surface area contributed by atoms with Crippen molar-refractivity contribution in [1.29, 1.82) is 10.5 Å². The molecule has 1 aromatic heterocycles. The highest BCUT2D eigenvalue weighted by molar-refractivity contribution is 7.10. The van der Waals surface area contributed by atoms with Crippen LogP contribution in [-0.4, -0.2) is 41.4 Å². The molecule has 0 saturated carbocycles. The molecule has 0 bridgehead atoms. The minimum atomic E-state index is -0.142. The lowest BCUT2D eigenvalue weighted by Gasteiger charge is -2.27. The van der Waals surface area contributed by atoms with Crippen LogP contribution in [0.15, 0.2) is 11.4 Å². The van der Waals surface area contributed by atoms with Crippen LogP contribution in [0.3, 0.4) is 0 Å². The summed E-state index contributed by atoms with van der Waals surface area (Å²) in [5, 5.41) is 19.5. The standard InChI is InChI=1S/C16H22N4OS/c1-13(2)20(12-15-14(3)5-11-22-15)8-4-16(21)19(9-6-17)10-7-18/h5,11,13H,4,8-10,12H2,1-3H3. The molecule has 0 fully saturated rings. The number of rotatable bonds is 8. The summed E-state index contributed by atoms with van der Waals surface area (Å²) in [5.74, 6) is -0.142. The Morgan fingerprint density at radius 3 is 2.41 bits per heavy atom. The minimum Gasteiger partial charge on any atom is -0.316 e. The van der Waals surface area contributed by atoms with E-state index in [1.54, 1.807) is 11.3 Å². The Labute approximate surface area is 136 Å². The van der Waals surface area contributed by atoms with Crippen molar-refractivity contribution in [2.45, 2.75) is 39.8 Å². The summed E-state index contributed by atoms with van der Waals surface area (Å²) in [6, 6.07) is 6.29. The first-order valence-electron chi connectivity index (χ1n) is 7.28. The molecule has 6 heteroatoms. The first-order valence-corrected chi connectivity index (χ1v) is 8.16. The molecule has 22 heavy (non-hydrogen) atoms. The zero-order valence-corrected chi connectivity index (χ0v) is 14.2. The van der Waals surface area contributed by atoms with Crippen LogP contribution in [0.1, 0.15) is 30.7 Å². The van der Waals surface area contributed by atoms with Gasteiger partial charge in [-0.25, -0.2) is 0 Å². The van der Waals surface area contributed by atoms with Crippen LogP contribution < -0.4 is 0 Å². The monoisotopic (exact) mass is 318 g/mol. The van der Waals surface area contributed by atoms with Gasteiger partial charge in [-0.1, -0.05) is 0 Å². The first kappa shape index (κ1) is 18.2. The second-order valence-corrected chi connectivity index (χ2v) is 6.41. The Balaban J connectivity index is 2.61. The highest BCUT2D eigenvalue weighted by Gasteiger charge is 2.17. The molecule has 118 valence electrons. The van der Waals surface area contributed by atoms with Crippen LogP contribution in [0.2, 0.25) is 0 Å². The van der Waals surface area contributed by atoms with Gasteiger partial charge in [0, 0.05) is 30.4 Å². The largest absolute Gasteiger partial charge is 0.316 e. The van der Waals surface area contributed by atoms with E-state index < -0.39 is 0 Å². The van der Waals surface area contributed by atoms with E-state index in [0.29, 0.717) is 19.0 Å². The van der Waals surface area contributed by atoms with Crippen LogP contribution in [0.4, 0.5) is 0 Å². The Bertz CT molecular complexity index is 551. The van der Waals surface area contributed by atoms with Gasteiger partial charge in [-0.15, -0.1) is 11.3 Å². The number of thiophene rings is 1. The van der Waals surface area contributed by atoms with Crippen molar-refractivity contribution in [2.75, 3.05) is 19.6 Å². The molecule has 0 aliphatic heterocycles. The summed E-state index contributed by atoms with van der Waals surface area (Å²) in [6.07, 6.45) is 0.325. The summed E-state index contributed by atoms with van der Waals surface area (Å²) in [4.78, 5) is 17.0. The topological polar surface area (TPSA) is 71.1 Å². The van der Waals surface area contributed by atoms with Gasteiger partial charge in [0.15, 0.2) is 0 Å². The summed E-state index contributed by atoms with van der Waals surface area (Å²) in [6.45, 7) is 7.70. The van der Waals surface area contributed by atoms with E-state index in [2.05, 4.69) is 37.1 Å². The number of carbonyl (C=O) groups excluding carboxylic acids is 1. The van der Waals surface area contributed by atoms with Crippen molar-refractivity contribution in [3.63, 3.8) is 0 Å². The average Bonchev–Trinajstić information content (AvgIpc) is 2.87. The van der Waals surface area contributed by atoms with Crippen molar-refractivity contribution in [3.05, 3.63) is 21.9 Å². The predicted molar refractivity (Wildman–Crippen MR) is 87.0 cm³/mol. The lowest BCUT2D eigenvalue weighted by Crippen LogP contribution is -2.37. The molecule has 0 saturated heterocycles. The summed E-state index contributed by atoms with van der Waals surface area (Å²) in [5.41, 5.74) is 1.28. The third kappa shape index (κ3) is 5.48. The van der Waals surface area contributed by atoms with Crippen LogP contribution in [0.25, 0.3) is 0 Å². The number of hydrogen-bond donors (Lipinski definition) is 0. The fourth-order valence-corrected chi connectivity index (χ4v) is 3.00. The number of hydrogen-bond acceptors (Lipinski definition) is 5. The van der Waals surface area contributed by atoms with Crippen molar-refractivity contribution >= 4 is 17.2 Å². The van der Waals surface area contributed by atoms with Crippen LogP contribution >= 0.6 is 11.3 Å². The predicted octanol–water partition coefficient (Wildman–Crippen LogP) is 2.53. The lowest BCUT2D eigenvalue weighted by molar-refractivity contribution is -0.130. The smallest absolute Gasteiger partial charge is 0.225 e. The number of amides is 1. The van der Waals surface area contributed by atoms with Gasteiger partial charge >= 0.3 is 0 Å². The molecule has 0 aromatic carbocycles. The van der Waals surface area contributed by atoms with Gasteiger partial charge in [-0.2, -0.15) is 10.5 Å². The van der Waals surface area contributed by atoms with E-state index in [1.165, 1.54) is 15.3 Å². The van der Waals surface area contributed by atoms with Crippen LogP contribution in [-0.2, 0) is 11.3 Å². The Morgan fingerprint density at radius 2 is 1.95 bits per heavy atom. The third-order valence-corrected chi connectivity index (χ3v) is 4.54. The quantitative estimate of drug-likeness (QED) is 0.691. The molecule has 0 N–H and O–H groups in total. The number of carbonyl (C=O) groups is 1. The number of nitriles is 2. The van der Waals surface area contributed by atoms with Gasteiger partial charge in [0.25, 0.3) is 0 Å². The maximum absolute atomic E-state index is 12.1. The van der Waals surface area contributed by atoms with Gasteiger partial charge in [-0.3, -0.25) is 9.69 Å². The van der Waals surface area contributed by atoms with Gasteiger partial charge in [0.2, 0.25) is 5.91 Å². The average molecular weight is 318 g/mol. The Morgan fingerprint density at radius 1 is 1.32 bits per heavy atom. The molecule has 0 aliphatic rings. The van der Waals surface area contributed by atoms with Gasteiger partial charge in [0.05, 0.1) is 12.1 Å². The molecular formula is C16H22N4OS. The van der Waals surface area contributed by atoms with E-state index >= 15 is 0 Å². The zero-order chi connectivity index (χ0) is 16.5. The second-order valence-electron chi connectivity index (χ2n) is 5.41. The van der Waals surface area contributed by atoms with Gasteiger partial charge in [-0.05, 0) is 37.8 Å². The lowest BCUT2D eigenvalue weighted by atomic mass is 10.2. The SMILES string of the molecule is Cc1ccsc1CN(CCC(=O)N(CC#N)CC#N)C(C)C. The van der Waals surface area contributed by atoms with Crippen molar-refractivity contribution in [3.8, 4) is 12.1 Å². The van der Waals surface area contributed by atoms with Crippen molar-refractivity contribution in [1.82, 2.24) is 9.80 Å². The highest BCUT2D eigenvalue weighted by atomic mass is 32.1. The van der Waals surface area contributed by atoms with E-state index in [-0.39, 0.29) is 19.0 Å². The zero-order valence-electron chi connectivity index (χ0n) is 13.4. The Kier molecular flexibility index (Phi) is 7.59. The molecule has 0 radical (unpaired) electrons. The fraction of sp³-hybridized carbons (Fsp3) is 0.562. The van der Waals surface area contributed by atoms with Gasteiger partial charge < -0.3 is 4.90 Å². The second kappa shape index (κ2) is 9.19. The molecular weight excluding hydrogens is 296 g/mol. The van der Waals surface area contributed by atoms with Gasteiger partial charge in [0.1, 0.15) is 13.1 Å². The van der Waals surface area contributed by atoms with E-state index in [1.807, 2.05) is 12.1 Å².